The molecule has 6 nitrogen and oxygen atoms in total. The Kier molecular flexibility index (Phi) is 8.55. The number of aromatic nitrogens is 4. The number of benzene rings is 9. The number of para-hydroxylation sites is 3. The lowest BCUT2D eigenvalue weighted by Gasteiger charge is -2.14. The van der Waals surface area contributed by atoms with E-state index < -0.39 is 0 Å². The normalized spacial score (nSPS) is 13.1. The van der Waals surface area contributed by atoms with Crippen LogP contribution in [0.3, 0.4) is 0 Å². The Balaban J connectivity index is 0.960. The molecule has 0 amide bonds. The summed E-state index contributed by atoms with van der Waals surface area (Å²) in [6, 6.07) is 68.0. The molecule has 318 valence electrons. The van der Waals surface area contributed by atoms with E-state index in [4.69, 9.17) is 23.8 Å². The zero-order valence-electron chi connectivity index (χ0n) is 36.6. The third-order valence-corrected chi connectivity index (χ3v) is 13.4. The summed E-state index contributed by atoms with van der Waals surface area (Å²) in [7, 11) is 0. The van der Waals surface area contributed by atoms with Gasteiger partial charge in [-0.2, -0.15) is 9.97 Å². The highest BCUT2D eigenvalue weighted by atomic mass is 16.3. The van der Waals surface area contributed by atoms with Gasteiger partial charge in [0.25, 0.3) is 0 Å². The SMILES string of the molecule is C1=CC(c2cccc(-c3cccc4c5cc6ccccc6cc5n(-c5nc(-c6ccccc6)nc(-c6ccc7c(c6)oc6ccccc67)n5)c34)c2)=CC(c2ccc3c(c2)oc2ccccc23)=CC1. The van der Waals surface area contributed by atoms with E-state index in [2.05, 4.69) is 168 Å². The van der Waals surface area contributed by atoms with Crippen molar-refractivity contribution < 1.29 is 8.83 Å². The molecule has 0 saturated heterocycles. The molecule has 0 fully saturated rings. The van der Waals surface area contributed by atoms with E-state index in [0.29, 0.717) is 17.6 Å². The maximum absolute atomic E-state index is 6.38. The number of hydrogen-bond acceptors (Lipinski definition) is 5. The first-order valence-electron chi connectivity index (χ1n) is 23.0. The Hall–Kier alpha value is -9.13. The molecule has 0 bridgehead atoms. The summed E-state index contributed by atoms with van der Waals surface area (Å²) in [5.41, 5.74) is 13.9. The van der Waals surface area contributed by atoms with Crippen LogP contribution in [0.2, 0.25) is 0 Å². The molecule has 0 saturated carbocycles. The summed E-state index contributed by atoms with van der Waals surface area (Å²) in [5, 5.41) is 8.92. The van der Waals surface area contributed by atoms with Crippen LogP contribution in [0.5, 0.6) is 0 Å². The standard InChI is InChI=1S/C62H38N4O2/c1-2-14-38(15-3-1)60-63-61(46-29-31-51-49-23-9-11-27-56(49)68-58(51)37-46)65-62(64-60)66-54-35-43-19-7-6-18-42(43)34-53(54)52-25-13-24-47(59(52)66)45-21-12-20-41(33-45)39-16-4-5-17-40(32-39)44-28-30-50-48-22-8-10-26-55(48)67-57(50)36-44/h1-4,6-37H,5H2. The molecular weight excluding hydrogens is 833 g/mol. The predicted octanol–water partition coefficient (Wildman–Crippen LogP) is 16.3. The number of nitrogens with zero attached hydrogens (tertiary/aromatic N) is 4. The summed E-state index contributed by atoms with van der Waals surface area (Å²) in [5.74, 6) is 1.67. The van der Waals surface area contributed by atoms with Gasteiger partial charge in [0.05, 0.1) is 11.0 Å². The van der Waals surface area contributed by atoms with Crippen LogP contribution in [-0.4, -0.2) is 19.5 Å². The van der Waals surface area contributed by atoms with Crippen LogP contribution in [0.25, 0.3) is 127 Å². The summed E-state index contributed by atoms with van der Waals surface area (Å²) in [6.07, 6.45) is 9.90. The van der Waals surface area contributed by atoms with Crippen molar-refractivity contribution in [2.75, 3.05) is 0 Å². The van der Waals surface area contributed by atoms with Gasteiger partial charge in [0.1, 0.15) is 22.3 Å². The monoisotopic (exact) mass is 870 g/mol. The van der Waals surface area contributed by atoms with E-state index in [-0.39, 0.29) is 0 Å². The van der Waals surface area contributed by atoms with Crippen LogP contribution in [-0.2, 0) is 0 Å². The van der Waals surface area contributed by atoms with Gasteiger partial charge in [-0.05, 0) is 106 Å². The fourth-order valence-electron chi connectivity index (χ4n) is 10.2. The van der Waals surface area contributed by atoms with Crippen LogP contribution < -0.4 is 0 Å². The maximum Gasteiger partial charge on any atom is 0.238 e. The van der Waals surface area contributed by atoms with Gasteiger partial charge < -0.3 is 8.83 Å². The van der Waals surface area contributed by atoms with Gasteiger partial charge in [-0.1, -0.05) is 158 Å². The van der Waals surface area contributed by atoms with Gasteiger partial charge in [-0.15, -0.1) is 0 Å². The Morgan fingerprint density at radius 1 is 0.397 bits per heavy atom. The highest BCUT2D eigenvalue weighted by molar-refractivity contribution is 6.17. The van der Waals surface area contributed by atoms with Gasteiger partial charge in [-0.3, -0.25) is 4.57 Å². The maximum atomic E-state index is 6.38. The van der Waals surface area contributed by atoms with E-state index in [1.807, 2.05) is 54.6 Å². The average Bonchev–Trinajstić information content (AvgIpc) is 3.99. The fourth-order valence-corrected chi connectivity index (χ4v) is 10.2. The van der Waals surface area contributed by atoms with E-state index in [1.54, 1.807) is 0 Å². The molecule has 1 aliphatic carbocycles. The molecule has 14 rings (SSSR count). The van der Waals surface area contributed by atoms with Crippen molar-refractivity contribution in [1.29, 1.82) is 0 Å². The van der Waals surface area contributed by atoms with Crippen LogP contribution >= 0.6 is 0 Å². The van der Waals surface area contributed by atoms with Crippen LogP contribution in [0, 0.1) is 0 Å². The zero-order chi connectivity index (χ0) is 44.7. The molecule has 4 aromatic heterocycles. The molecule has 0 spiro atoms. The summed E-state index contributed by atoms with van der Waals surface area (Å²) in [4.78, 5) is 15.9. The highest BCUT2D eigenvalue weighted by Crippen LogP contribution is 2.41. The molecule has 68 heavy (non-hydrogen) atoms. The van der Waals surface area contributed by atoms with Gasteiger partial charge >= 0.3 is 0 Å². The lowest BCUT2D eigenvalue weighted by molar-refractivity contribution is 0.668. The van der Waals surface area contributed by atoms with Crippen molar-refractivity contribution in [1.82, 2.24) is 19.5 Å². The van der Waals surface area contributed by atoms with Crippen molar-refractivity contribution in [2.45, 2.75) is 6.42 Å². The average molecular weight is 871 g/mol. The predicted molar refractivity (Wildman–Crippen MR) is 279 cm³/mol. The summed E-state index contributed by atoms with van der Waals surface area (Å²) in [6.45, 7) is 0. The second-order valence-corrected chi connectivity index (χ2v) is 17.5. The quantitative estimate of drug-likeness (QED) is 0.166. The van der Waals surface area contributed by atoms with Gasteiger partial charge in [-0.25, -0.2) is 4.98 Å². The lowest BCUT2D eigenvalue weighted by Crippen LogP contribution is -2.07. The molecule has 9 aromatic carbocycles. The number of rotatable bonds is 6. The first-order valence-corrected chi connectivity index (χ1v) is 23.0. The Morgan fingerprint density at radius 2 is 0.985 bits per heavy atom. The molecule has 1 aliphatic rings. The molecular formula is C62H38N4O2. The van der Waals surface area contributed by atoms with Gasteiger partial charge in [0, 0.05) is 49.0 Å². The highest BCUT2D eigenvalue weighted by Gasteiger charge is 2.22. The number of fused-ring (bicyclic) bond motifs is 10. The third kappa shape index (κ3) is 6.22. The largest absolute Gasteiger partial charge is 0.456 e. The van der Waals surface area contributed by atoms with Gasteiger partial charge in [0.2, 0.25) is 5.95 Å². The van der Waals surface area contributed by atoms with Crippen molar-refractivity contribution in [2.24, 2.45) is 0 Å². The third-order valence-electron chi connectivity index (χ3n) is 13.4. The van der Waals surface area contributed by atoms with Crippen LogP contribution in [0.1, 0.15) is 17.5 Å². The minimum atomic E-state index is 0.531. The molecule has 0 radical (unpaired) electrons. The molecule has 0 atom stereocenters. The molecule has 0 aliphatic heterocycles. The first kappa shape index (κ1) is 38.2. The zero-order valence-corrected chi connectivity index (χ0v) is 36.6. The van der Waals surface area contributed by atoms with Crippen molar-refractivity contribution >= 4 is 87.6 Å². The minimum Gasteiger partial charge on any atom is -0.456 e. The lowest BCUT2D eigenvalue weighted by atomic mass is 9.95. The molecule has 4 heterocycles. The Bertz CT molecular complexity index is 4300. The van der Waals surface area contributed by atoms with Crippen LogP contribution in [0.15, 0.2) is 227 Å². The Morgan fingerprint density at radius 3 is 1.76 bits per heavy atom. The van der Waals surface area contributed by atoms with Crippen molar-refractivity contribution in [3.63, 3.8) is 0 Å². The summed E-state index contributed by atoms with van der Waals surface area (Å²) < 4.78 is 14.9. The van der Waals surface area contributed by atoms with E-state index in [1.165, 1.54) is 5.39 Å². The van der Waals surface area contributed by atoms with Crippen molar-refractivity contribution in [3.8, 4) is 39.9 Å². The fraction of sp³-hybridized carbons (Fsp3) is 0.0161. The van der Waals surface area contributed by atoms with E-state index >= 15 is 0 Å². The summed E-state index contributed by atoms with van der Waals surface area (Å²) >= 11 is 0. The second-order valence-electron chi connectivity index (χ2n) is 17.5. The minimum absolute atomic E-state index is 0.531. The molecule has 13 aromatic rings. The molecule has 6 heteroatoms. The molecule has 0 N–H and O–H groups in total. The number of hydrogen-bond donors (Lipinski definition) is 0. The van der Waals surface area contributed by atoms with E-state index in [0.717, 1.165) is 122 Å². The van der Waals surface area contributed by atoms with E-state index in [9.17, 15) is 0 Å². The Labute approximate surface area is 390 Å². The number of allylic oxidation sites excluding steroid dienone is 6. The first-order chi connectivity index (χ1) is 33.7. The second kappa shape index (κ2) is 15.2. The smallest absolute Gasteiger partial charge is 0.238 e. The number of furan rings is 2. The topological polar surface area (TPSA) is 69.9 Å². The van der Waals surface area contributed by atoms with Crippen molar-refractivity contribution in [3.05, 3.63) is 230 Å². The van der Waals surface area contributed by atoms with Gasteiger partial charge in [0.15, 0.2) is 11.6 Å². The van der Waals surface area contributed by atoms with Crippen LogP contribution in [0.4, 0.5) is 0 Å². The molecule has 0 unspecified atom stereocenters.